The first-order valence-electron chi connectivity index (χ1n) is 7.07. The number of methoxy groups -OCH3 is 2. The first-order chi connectivity index (χ1) is 10.5. The Hall–Kier alpha value is -1.63. The molecule has 22 heavy (non-hydrogen) atoms. The highest BCUT2D eigenvalue weighted by Crippen LogP contribution is 2.49. The van der Waals surface area contributed by atoms with Gasteiger partial charge in [-0.25, -0.2) is 9.78 Å². The Morgan fingerprint density at radius 3 is 2.68 bits per heavy atom. The molecule has 0 N–H and O–H groups in total. The average molecular weight is 370 g/mol. The number of aromatic nitrogens is 1. The normalized spacial score (nSPS) is 26.5. The summed E-state index contributed by atoms with van der Waals surface area (Å²) in [5, 5.41) is 0. The predicted molar refractivity (Wildman–Crippen MR) is 79.6 cm³/mol. The van der Waals surface area contributed by atoms with E-state index in [1.165, 1.54) is 14.2 Å². The molecule has 1 fully saturated rings. The summed E-state index contributed by atoms with van der Waals surface area (Å²) >= 11 is 3.40. The van der Waals surface area contributed by atoms with Gasteiger partial charge in [0.2, 0.25) is 5.88 Å². The Morgan fingerprint density at radius 1 is 1.41 bits per heavy atom. The Labute approximate surface area is 136 Å². The number of hydrogen-bond acceptors (Lipinski definition) is 6. The van der Waals surface area contributed by atoms with E-state index in [0.29, 0.717) is 41.7 Å². The van der Waals surface area contributed by atoms with Gasteiger partial charge in [-0.1, -0.05) is 0 Å². The number of fused-ring (bicyclic) bond motifs is 2. The number of carbonyl (C=O) groups excluding carboxylic acids is 2. The molecule has 1 aromatic heterocycles. The van der Waals surface area contributed by atoms with E-state index in [4.69, 9.17) is 14.2 Å². The SMILES string of the molecule is COC(=O)C1CCC2(CC1)OC(=O)c1nc(OC)c(Br)cc12. The second kappa shape index (κ2) is 5.53. The molecular weight excluding hydrogens is 354 g/mol. The van der Waals surface area contributed by atoms with Crippen LogP contribution in [0.4, 0.5) is 0 Å². The van der Waals surface area contributed by atoms with Crippen LogP contribution >= 0.6 is 15.9 Å². The average Bonchev–Trinajstić information content (AvgIpc) is 2.78. The van der Waals surface area contributed by atoms with Crippen molar-refractivity contribution in [2.45, 2.75) is 31.3 Å². The van der Waals surface area contributed by atoms with Crippen LogP contribution in [0.3, 0.4) is 0 Å². The maximum atomic E-state index is 12.1. The Morgan fingerprint density at radius 2 is 2.09 bits per heavy atom. The molecule has 0 radical (unpaired) electrons. The molecule has 0 saturated heterocycles. The molecule has 6 nitrogen and oxygen atoms in total. The first kappa shape index (κ1) is 15.3. The number of rotatable bonds is 2. The van der Waals surface area contributed by atoms with Crippen molar-refractivity contribution in [1.29, 1.82) is 0 Å². The van der Waals surface area contributed by atoms with Crippen LogP contribution in [0.15, 0.2) is 10.5 Å². The molecule has 1 saturated carbocycles. The maximum Gasteiger partial charge on any atom is 0.358 e. The van der Waals surface area contributed by atoms with Gasteiger partial charge < -0.3 is 14.2 Å². The number of ether oxygens (including phenoxy) is 3. The van der Waals surface area contributed by atoms with Gasteiger partial charge in [-0.3, -0.25) is 4.79 Å². The maximum absolute atomic E-state index is 12.1. The van der Waals surface area contributed by atoms with Gasteiger partial charge in [0.15, 0.2) is 5.69 Å². The van der Waals surface area contributed by atoms with Crippen LogP contribution in [0.25, 0.3) is 0 Å². The van der Waals surface area contributed by atoms with Gasteiger partial charge in [-0.2, -0.15) is 0 Å². The third kappa shape index (κ3) is 2.27. The Kier molecular flexibility index (Phi) is 3.84. The van der Waals surface area contributed by atoms with Gasteiger partial charge in [0.25, 0.3) is 0 Å². The molecule has 1 aromatic rings. The highest BCUT2D eigenvalue weighted by atomic mass is 79.9. The molecular formula is C15H16BrNO5. The molecule has 118 valence electrons. The lowest BCUT2D eigenvalue weighted by Gasteiger charge is -2.35. The first-order valence-corrected chi connectivity index (χ1v) is 7.86. The number of esters is 2. The second-order valence-corrected chi connectivity index (χ2v) is 6.41. The lowest BCUT2D eigenvalue weighted by Crippen LogP contribution is -2.34. The quantitative estimate of drug-likeness (QED) is 0.745. The topological polar surface area (TPSA) is 74.7 Å². The van der Waals surface area contributed by atoms with Crippen molar-refractivity contribution < 1.29 is 23.8 Å². The molecule has 1 spiro atoms. The molecule has 0 aromatic carbocycles. The van der Waals surface area contributed by atoms with Crippen molar-refractivity contribution >= 4 is 27.9 Å². The van der Waals surface area contributed by atoms with Crippen LogP contribution in [0.2, 0.25) is 0 Å². The van der Waals surface area contributed by atoms with Crippen molar-refractivity contribution in [3.8, 4) is 5.88 Å². The number of nitrogens with zero attached hydrogens (tertiary/aromatic N) is 1. The zero-order valence-electron chi connectivity index (χ0n) is 12.3. The summed E-state index contributed by atoms with van der Waals surface area (Å²) in [5.74, 6) is -0.408. The number of halogens is 1. The summed E-state index contributed by atoms with van der Waals surface area (Å²) in [6.45, 7) is 0. The van der Waals surface area contributed by atoms with Crippen LogP contribution < -0.4 is 4.74 Å². The number of pyridine rings is 1. The minimum atomic E-state index is -0.682. The highest BCUT2D eigenvalue weighted by Gasteiger charge is 2.50. The van der Waals surface area contributed by atoms with Gasteiger partial charge in [-0.05, 0) is 47.7 Å². The fourth-order valence-electron chi connectivity index (χ4n) is 3.26. The van der Waals surface area contributed by atoms with E-state index in [9.17, 15) is 9.59 Å². The van der Waals surface area contributed by atoms with Gasteiger partial charge in [0.1, 0.15) is 5.60 Å². The fraction of sp³-hybridized carbons (Fsp3) is 0.533. The largest absolute Gasteiger partial charge is 0.480 e. The Bertz CT molecular complexity index is 637. The molecule has 3 rings (SSSR count). The minimum Gasteiger partial charge on any atom is -0.480 e. The summed E-state index contributed by atoms with van der Waals surface area (Å²) in [7, 11) is 2.89. The molecule has 0 unspecified atom stereocenters. The Balaban J connectivity index is 1.92. The summed E-state index contributed by atoms with van der Waals surface area (Å²) in [4.78, 5) is 28.0. The zero-order valence-corrected chi connectivity index (χ0v) is 13.9. The van der Waals surface area contributed by atoms with Crippen molar-refractivity contribution in [2.75, 3.05) is 14.2 Å². The van der Waals surface area contributed by atoms with E-state index in [-0.39, 0.29) is 11.9 Å². The van der Waals surface area contributed by atoms with E-state index in [0.717, 1.165) is 5.56 Å². The third-order valence-corrected chi connectivity index (χ3v) is 5.01. The van der Waals surface area contributed by atoms with E-state index in [2.05, 4.69) is 20.9 Å². The fourth-order valence-corrected chi connectivity index (χ4v) is 3.74. The molecule has 1 aliphatic carbocycles. The molecule has 7 heteroatoms. The number of hydrogen-bond donors (Lipinski definition) is 0. The van der Waals surface area contributed by atoms with Gasteiger partial charge >= 0.3 is 11.9 Å². The second-order valence-electron chi connectivity index (χ2n) is 5.56. The molecule has 2 heterocycles. The van der Waals surface area contributed by atoms with Crippen LogP contribution in [-0.2, 0) is 19.9 Å². The van der Waals surface area contributed by atoms with Crippen LogP contribution in [0.1, 0.15) is 41.7 Å². The summed E-state index contributed by atoms with van der Waals surface area (Å²) in [6.07, 6.45) is 2.43. The van der Waals surface area contributed by atoms with Gasteiger partial charge in [-0.15, -0.1) is 0 Å². The molecule has 0 atom stereocenters. The summed E-state index contributed by atoms with van der Waals surface area (Å²) in [5.41, 5.74) is 0.392. The molecule has 0 bridgehead atoms. The standard InChI is InChI=1S/C15H16BrNO5/c1-20-12-10(16)7-9-11(17-12)14(19)22-15(9)5-3-8(4-6-15)13(18)21-2/h7-8H,3-6H2,1-2H3. The van der Waals surface area contributed by atoms with Gasteiger partial charge in [0, 0.05) is 5.56 Å². The molecule has 0 amide bonds. The van der Waals surface area contributed by atoms with E-state index in [1.807, 2.05) is 6.07 Å². The van der Waals surface area contributed by atoms with E-state index >= 15 is 0 Å². The van der Waals surface area contributed by atoms with Crippen molar-refractivity contribution in [2.24, 2.45) is 5.92 Å². The van der Waals surface area contributed by atoms with Crippen LogP contribution in [-0.4, -0.2) is 31.1 Å². The van der Waals surface area contributed by atoms with Crippen LogP contribution in [0, 0.1) is 5.92 Å². The van der Waals surface area contributed by atoms with Crippen LogP contribution in [0.5, 0.6) is 5.88 Å². The number of carbonyl (C=O) groups is 2. The monoisotopic (exact) mass is 369 g/mol. The summed E-state index contributed by atoms with van der Waals surface area (Å²) in [6, 6.07) is 1.84. The lowest BCUT2D eigenvalue weighted by atomic mass is 9.75. The predicted octanol–water partition coefficient (Wildman–Crippen LogP) is 2.58. The lowest BCUT2D eigenvalue weighted by molar-refractivity contribution is -0.148. The molecule has 2 aliphatic rings. The van der Waals surface area contributed by atoms with Crippen molar-refractivity contribution in [1.82, 2.24) is 4.98 Å². The molecule has 1 aliphatic heterocycles. The van der Waals surface area contributed by atoms with Gasteiger partial charge in [0.05, 0.1) is 24.6 Å². The smallest absolute Gasteiger partial charge is 0.358 e. The van der Waals surface area contributed by atoms with E-state index in [1.54, 1.807) is 0 Å². The zero-order chi connectivity index (χ0) is 15.9. The summed E-state index contributed by atoms with van der Waals surface area (Å²) < 4.78 is 16.3. The highest BCUT2D eigenvalue weighted by molar-refractivity contribution is 9.10. The third-order valence-electron chi connectivity index (χ3n) is 4.44. The minimum absolute atomic E-state index is 0.131. The van der Waals surface area contributed by atoms with E-state index < -0.39 is 11.6 Å². The van der Waals surface area contributed by atoms with Crippen molar-refractivity contribution in [3.63, 3.8) is 0 Å². The van der Waals surface area contributed by atoms with Crippen molar-refractivity contribution in [3.05, 3.63) is 21.8 Å².